The van der Waals surface area contributed by atoms with Crippen molar-refractivity contribution < 1.29 is 9.59 Å². The summed E-state index contributed by atoms with van der Waals surface area (Å²) in [5.74, 6) is -0.561. The second-order valence-electron chi connectivity index (χ2n) is 5.41. The number of anilines is 1. The highest BCUT2D eigenvalue weighted by Crippen LogP contribution is 2.21. The standard InChI is InChI=1S/C13H23N5O2/c1-6(2)10-9(14)11(18-17-10)13(20)16-8(5)12(19)15-7(3)4/h6-8H,14H2,1-5H3,(H,15,19)(H,16,20)(H,17,18). The topological polar surface area (TPSA) is 113 Å². The van der Waals surface area contributed by atoms with Crippen LogP contribution in [0.2, 0.25) is 0 Å². The monoisotopic (exact) mass is 281 g/mol. The predicted octanol–water partition coefficient (Wildman–Crippen LogP) is 0.758. The summed E-state index contributed by atoms with van der Waals surface area (Å²) in [5, 5.41) is 12.0. The van der Waals surface area contributed by atoms with E-state index in [1.807, 2.05) is 27.7 Å². The molecule has 0 fully saturated rings. The predicted molar refractivity (Wildman–Crippen MR) is 77.3 cm³/mol. The van der Waals surface area contributed by atoms with Gasteiger partial charge in [0.1, 0.15) is 6.04 Å². The molecule has 1 heterocycles. The van der Waals surface area contributed by atoms with Crippen LogP contribution in [0.4, 0.5) is 5.69 Å². The van der Waals surface area contributed by atoms with E-state index in [4.69, 9.17) is 5.73 Å². The van der Waals surface area contributed by atoms with Gasteiger partial charge in [0.2, 0.25) is 5.91 Å². The Morgan fingerprint density at radius 3 is 2.20 bits per heavy atom. The molecule has 0 aromatic carbocycles. The van der Waals surface area contributed by atoms with Gasteiger partial charge in [-0.1, -0.05) is 13.8 Å². The molecule has 1 rings (SSSR count). The van der Waals surface area contributed by atoms with Crippen molar-refractivity contribution in [3.05, 3.63) is 11.4 Å². The summed E-state index contributed by atoms with van der Waals surface area (Å²) in [6.45, 7) is 9.22. The molecule has 0 aliphatic heterocycles. The van der Waals surface area contributed by atoms with Crippen molar-refractivity contribution in [3.63, 3.8) is 0 Å². The van der Waals surface area contributed by atoms with Crippen LogP contribution < -0.4 is 16.4 Å². The third-order valence-corrected chi connectivity index (χ3v) is 2.80. The molecule has 1 aromatic heterocycles. The highest BCUT2D eigenvalue weighted by molar-refractivity contribution is 6.00. The molecule has 7 nitrogen and oxygen atoms in total. The van der Waals surface area contributed by atoms with Crippen LogP contribution in [0.5, 0.6) is 0 Å². The number of carbonyl (C=O) groups is 2. The number of nitrogens with zero attached hydrogens (tertiary/aromatic N) is 1. The van der Waals surface area contributed by atoms with E-state index in [-0.39, 0.29) is 23.6 Å². The summed E-state index contributed by atoms with van der Waals surface area (Å²) in [4.78, 5) is 23.8. The molecule has 0 radical (unpaired) electrons. The maximum absolute atomic E-state index is 12.0. The van der Waals surface area contributed by atoms with E-state index in [0.717, 1.165) is 5.69 Å². The molecule has 1 aromatic rings. The quantitative estimate of drug-likeness (QED) is 0.638. The summed E-state index contributed by atoms with van der Waals surface area (Å²) in [7, 11) is 0. The Kier molecular flexibility index (Phi) is 5.12. The van der Waals surface area contributed by atoms with Crippen molar-refractivity contribution in [1.82, 2.24) is 20.8 Å². The minimum atomic E-state index is -0.650. The van der Waals surface area contributed by atoms with E-state index in [2.05, 4.69) is 20.8 Å². The molecule has 1 unspecified atom stereocenters. The van der Waals surface area contributed by atoms with Crippen molar-refractivity contribution in [2.75, 3.05) is 5.73 Å². The van der Waals surface area contributed by atoms with E-state index in [1.54, 1.807) is 6.92 Å². The molecule has 0 saturated carbocycles. The van der Waals surface area contributed by atoms with Gasteiger partial charge < -0.3 is 16.4 Å². The van der Waals surface area contributed by atoms with Crippen molar-refractivity contribution in [3.8, 4) is 0 Å². The van der Waals surface area contributed by atoms with Crippen LogP contribution in [-0.2, 0) is 4.79 Å². The molecule has 0 spiro atoms. The molecule has 0 aliphatic carbocycles. The van der Waals surface area contributed by atoms with Gasteiger partial charge in [-0.25, -0.2) is 0 Å². The van der Waals surface area contributed by atoms with Gasteiger partial charge in [-0.05, 0) is 26.7 Å². The third-order valence-electron chi connectivity index (χ3n) is 2.80. The first-order valence-electron chi connectivity index (χ1n) is 6.69. The van der Waals surface area contributed by atoms with E-state index >= 15 is 0 Å². The number of nitrogens with one attached hydrogen (secondary N) is 3. The maximum atomic E-state index is 12.0. The highest BCUT2D eigenvalue weighted by Gasteiger charge is 2.22. The second kappa shape index (κ2) is 6.40. The minimum Gasteiger partial charge on any atom is -0.395 e. The fourth-order valence-electron chi connectivity index (χ4n) is 1.72. The molecule has 0 bridgehead atoms. The lowest BCUT2D eigenvalue weighted by Crippen LogP contribution is -2.47. The van der Waals surface area contributed by atoms with Crippen LogP contribution in [0.3, 0.4) is 0 Å². The average molecular weight is 281 g/mol. The zero-order valence-corrected chi connectivity index (χ0v) is 12.6. The zero-order valence-electron chi connectivity index (χ0n) is 12.6. The molecular weight excluding hydrogens is 258 g/mol. The number of amides is 2. The van der Waals surface area contributed by atoms with Gasteiger partial charge in [-0.3, -0.25) is 14.7 Å². The Hall–Kier alpha value is -2.05. The lowest BCUT2D eigenvalue weighted by atomic mass is 10.1. The van der Waals surface area contributed by atoms with Crippen molar-refractivity contribution in [2.24, 2.45) is 0 Å². The number of hydrogen-bond acceptors (Lipinski definition) is 4. The number of hydrogen-bond donors (Lipinski definition) is 4. The van der Waals surface area contributed by atoms with Crippen molar-refractivity contribution >= 4 is 17.5 Å². The fraction of sp³-hybridized carbons (Fsp3) is 0.615. The average Bonchev–Trinajstić information content (AvgIpc) is 2.70. The third kappa shape index (κ3) is 3.72. The van der Waals surface area contributed by atoms with Gasteiger partial charge in [-0.2, -0.15) is 5.10 Å². The lowest BCUT2D eigenvalue weighted by Gasteiger charge is -2.15. The molecule has 0 aliphatic rings. The Morgan fingerprint density at radius 1 is 1.15 bits per heavy atom. The molecule has 20 heavy (non-hydrogen) atoms. The van der Waals surface area contributed by atoms with Gasteiger partial charge in [0, 0.05) is 6.04 Å². The number of H-pyrrole nitrogens is 1. The fourth-order valence-corrected chi connectivity index (χ4v) is 1.72. The van der Waals surface area contributed by atoms with Gasteiger partial charge in [0.25, 0.3) is 5.91 Å². The minimum absolute atomic E-state index is 0.0184. The molecule has 7 heteroatoms. The SMILES string of the molecule is CC(C)NC(=O)C(C)NC(=O)c1n[nH]c(C(C)C)c1N. The molecule has 112 valence electrons. The normalized spacial score (nSPS) is 12.6. The number of nitrogen functional groups attached to an aromatic ring is 1. The number of nitrogens with two attached hydrogens (primary N) is 1. The Labute approximate surface area is 118 Å². The number of carbonyl (C=O) groups excluding carboxylic acids is 2. The Morgan fingerprint density at radius 2 is 1.75 bits per heavy atom. The first-order valence-corrected chi connectivity index (χ1v) is 6.69. The van der Waals surface area contributed by atoms with Crippen LogP contribution in [0.25, 0.3) is 0 Å². The van der Waals surface area contributed by atoms with Gasteiger partial charge in [0.15, 0.2) is 5.69 Å². The highest BCUT2D eigenvalue weighted by atomic mass is 16.2. The van der Waals surface area contributed by atoms with Crippen LogP contribution >= 0.6 is 0 Å². The lowest BCUT2D eigenvalue weighted by molar-refractivity contribution is -0.123. The largest absolute Gasteiger partial charge is 0.395 e. The molecule has 5 N–H and O–H groups in total. The number of aromatic nitrogens is 2. The molecule has 0 saturated heterocycles. The van der Waals surface area contributed by atoms with Crippen molar-refractivity contribution in [1.29, 1.82) is 0 Å². The van der Waals surface area contributed by atoms with Crippen LogP contribution in [0.1, 0.15) is 56.7 Å². The first kappa shape index (κ1) is 16.0. The molecule has 1 atom stereocenters. The zero-order chi connectivity index (χ0) is 15.4. The van der Waals surface area contributed by atoms with Crippen LogP contribution in [0, 0.1) is 0 Å². The Bertz CT molecular complexity index is 493. The summed E-state index contributed by atoms with van der Waals surface area (Å²) in [6, 6.07) is -0.631. The van der Waals surface area contributed by atoms with Crippen molar-refractivity contribution in [2.45, 2.75) is 52.6 Å². The van der Waals surface area contributed by atoms with E-state index in [1.165, 1.54) is 0 Å². The number of aromatic amines is 1. The van der Waals surface area contributed by atoms with E-state index < -0.39 is 11.9 Å². The van der Waals surface area contributed by atoms with Crippen LogP contribution in [0.15, 0.2) is 0 Å². The van der Waals surface area contributed by atoms with Gasteiger partial charge in [0.05, 0.1) is 11.4 Å². The van der Waals surface area contributed by atoms with Crippen LogP contribution in [-0.4, -0.2) is 34.1 Å². The van der Waals surface area contributed by atoms with Gasteiger partial charge in [-0.15, -0.1) is 0 Å². The van der Waals surface area contributed by atoms with E-state index in [0.29, 0.717) is 5.69 Å². The smallest absolute Gasteiger partial charge is 0.274 e. The Balaban J connectivity index is 2.74. The summed E-state index contributed by atoms with van der Waals surface area (Å²) < 4.78 is 0. The summed E-state index contributed by atoms with van der Waals surface area (Å²) in [6.07, 6.45) is 0. The first-order chi connectivity index (χ1) is 9.23. The molecular formula is C13H23N5O2. The van der Waals surface area contributed by atoms with Gasteiger partial charge >= 0.3 is 0 Å². The van der Waals surface area contributed by atoms with E-state index in [9.17, 15) is 9.59 Å². The summed E-state index contributed by atoms with van der Waals surface area (Å²) >= 11 is 0. The number of rotatable bonds is 5. The second-order valence-corrected chi connectivity index (χ2v) is 5.41. The summed E-state index contributed by atoms with van der Waals surface area (Å²) in [5.41, 5.74) is 7.05. The maximum Gasteiger partial charge on any atom is 0.274 e. The molecule has 2 amide bonds.